The van der Waals surface area contributed by atoms with Gasteiger partial charge in [-0.1, -0.05) is 30.3 Å². The zero-order chi connectivity index (χ0) is 12.9. The standard InChI is InChI=1S/C11H13F3N2O/c12-11(13,14)7-16-9(10(15)17)6-8-4-2-1-3-5-8/h1-5,9,16H,6-7H2,(H2,15,17). The second-order valence-corrected chi connectivity index (χ2v) is 3.64. The zero-order valence-electron chi connectivity index (χ0n) is 9.00. The van der Waals surface area contributed by atoms with Gasteiger partial charge in [-0.05, 0) is 12.0 Å². The lowest BCUT2D eigenvalue weighted by atomic mass is 10.1. The monoisotopic (exact) mass is 246 g/mol. The number of carbonyl (C=O) groups excluding carboxylic acids is 1. The van der Waals surface area contributed by atoms with Gasteiger partial charge in [-0.3, -0.25) is 10.1 Å². The third-order valence-electron chi connectivity index (χ3n) is 2.18. The molecule has 0 aromatic heterocycles. The first kappa shape index (κ1) is 13.5. The Labute approximate surface area is 96.8 Å². The van der Waals surface area contributed by atoms with Crippen molar-refractivity contribution in [2.45, 2.75) is 18.6 Å². The van der Waals surface area contributed by atoms with E-state index >= 15 is 0 Å². The summed E-state index contributed by atoms with van der Waals surface area (Å²) in [4.78, 5) is 11.0. The molecule has 0 saturated carbocycles. The van der Waals surface area contributed by atoms with Crippen molar-refractivity contribution in [2.24, 2.45) is 5.73 Å². The quantitative estimate of drug-likeness (QED) is 0.821. The maximum atomic E-state index is 12.0. The highest BCUT2D eigenvalue weighted by Gasteiger charge is 2.29. The van der Waals surface area contributed by atoms with Crippen LogP contribution in [0.15, 0.2) is 30.3 Å². The third kappa shape index (κ3) is 5.35. The molecule has 3 N–H and O–H groups in total. The molecule has 1 unspecified atom stereocenters. The van der Waals surface area contributed by atoms with Gasteiger partial charge in [0, 0.05) is 0 Å². The van der Waals surface area contributed by atoms with Gasteiger partial charge in [0.1, 0.15) is 0 Å². The van der Waals surface area contributed by atoms with Crippen molar-refractivity contribution in [1.82, 2.24) is 5.32 Å². The van der Waals surface area contributed by atoms with Crippen molar-refractivity contribution in [3.05, 3.63) is 35.9 Å². The summed E-state index contributed by atoms with van der Waals surface area (Å²) in [6, 6.07) is 7.72. The summed E-state index contributed by atoms with van der Waals surface area (Å²) in [5.74, 6) is -0.793. The summed E-state index contributed by atoms with van der Waals surface area (Å²) < 4.78 is 36.0. The van der Waals surface area contributed by atoms with Crippen LogP contribution in [0.3, 0.4) is 0 Å². The van der Waals surface area contributed by atoms with Gasteiger partial charge in [0.05, 0.1) is 12.6 Å². The lowest BCUT2D eigenvalue weighted by Crippen LogP contribution is -2.46. The number of primary amides is 1. The van der Waals surface area contributed by atoms with Crippen LogP contribution < -0.4 is 11.1 Å². The van der Waals surface area contributed by atoms with Crippen molar-refractivity contribution in [3.63, 3.8) is 0 Å². The highest BCUT2D eigenvalue weighted by molar-refractivity contribution is 5.80. The van der Waals surface area contributed by atoms with E-state index in [0.717, 1.165) is 5.56 Å². The molecule has 17 heavy (non-hydrogen) atoms. The minimum Gasteiger partial charge on any atom is -0.368 e. The average Bonchev–Trinajstić information content (AvgIpc) is 2.24. The number of nitrogens with one attached hydrogen (secondary N) is 1. The van der Waals surface area contributed by atoms with Crippen LogP contribution in [0.1, 0.15) is 5.56 Å². The van der Waals surface area contributed by atoms with Crippen molar-refractivity contribution in [3.8, 4) is 0 Å². The van der Waals surface area contributed by atoms with Crippen LogP contribution in [0.5, 0.6) is 0 Å². The number of halogens is 3. The summed E-state index contributed by atoms with van der Waals surface area (Å²) in [7, 11) is 0. The molecule has 0 bridgehead atoms. The van der Waals surface area contributed by atoms with Crippen molar-refractivity contribution < 1.29 is 18.0 Å². The minimum atomic E-state index is -4.36. The van der Waals surface area contributed by atoms with E-state index in [1.807, 2.05) is 0 Å². The van der Waals surface area contributed by atoms with E-state index in [-0.39, 0.29) is 6.42 Å². The second-order valence-electron chi connectivity index (χ2n) is 3.64. The van der Waals surface area contributed by atoms with Gasteiger partial charge in [0.25, 0.3) is 0 Å². The van der Waals surface area contributed by atoms with Gasteiger partial charge in [-0.2, -0.15) is 13.2 Å². The van der Waals surface area contributed by atoms with Crippen LogP contribution in [0.4, 0.5) is 13.2 Å². The molecule has 1 aromatic carbocycles. The molecule has 0 aliphatic carbocycles. The fraction of sp³-hybridized carbons (Fsp3) is 0.364. The van der Waals surface area contributed by atoms with Gasteiger partial charge >= 0.3 is 6.18 Å². The number of alkyl halides is 3. The number of nitrogens with two attached hydrogens (primary N) is 1. The Morgan fingerprint density at radius 2 is 1.88 bits per heavy atom. The number of benzene rings is 1. The van der Waals surface area contributed by atoms with E-state index in [0.29, 0.717) is 0 Å². The summed E-state index contributed by atoms with van der Waals surface area (Å²) in [5, 5.41) is 2.11. The molecule has 0 heterocycles. The van der Waals surface area contributed by atoms with E-state index in [1.54, 1.807) is 30.3 Å². The van der Waals surface area contributed by atoms with Gasteiger partial charge in [0.2, 0.25) is 5.91 Å². The molecule has 0 fully saturated rings. The molecule has 0 aliphatic heterocycles. The average molecular weight is 246 g/mol. The molecule has 3 nitrogen and oxygen atoms in total. The lowest BCUT2D eigenvalue weighted by molar-refractivity contribution is -0.130. The third-order valence-corrected chi connectivity index (χ3v) is 2.18. The van der Waals surface area contributed by atoms with Crippen molar-refractivity contribution in [2.75, 3.05) is 6.54 Å². The molecule has 0 spiro atoms. The second kappa shape index (κ2) is 5.67. The first-order valence-electron chi connectivity index (χ1n) is 5.02. The SMILES string of the molecule is NC(=O)C(Cc1ccccc1)NCC(F)(F)F. The number of amides is 1. The fourth-order valence-electron chi connectivity index (χ4n) is 1.36. The topological polar surface area (TPSA) is 55.1 Å². The maximum Gasteiger partial charge on any atom is 0.401 e. The Bertz CT molecular complexity index is 365. The van der Waals surface area contributed by atoms with Crippen LogP contribution in [-0.2, 0) is 11.2 Å². The van der Waals surface area contributed by atoms with Crippen molar-refractivity contribution in [1.29, 1.82) is 0 Å². The van der Waals surface area contributed by atoms with Crippen LogP contribution in [-0.4, -0.2) is 24.7 Å². The molecule has 0 saturated heterocycles. The summed E-state index contributed by atoms with van der Waals surface area (Å²) in [6.45, 7) is -1.23. The van der Waals surface area contributed by atoms with E-state index in [1.165, 1.54) is 0 Å². The first-order valence-corrected chi connectivity index (χ1v) is 5.02. The summed E-state index contributed by atoms with van der Waals surface area (Å²) in [5.41, 5.74) is 5.80. The van der Waals surface area contributed by atoms with Crippen LogP contribution in [0.2, 0.25) is 0 Å². The van der Waals surface area contributed by atoms with Gasteiger partial charge in [-0.25, -0.2) is 0 Å². The molecular formula is C11H13F3N2O. The number of carbonyl (C=O) groups is 1. The molecule has 0 radical (unpaired) electrons. The van der Waals surface area contributed by atoms with Crippen LogP contribution >= 0.6 is 0 Å². The molecular weight excluding hydrogens is 233 g/mol. The summed E-state index contributed by atoms with van der Waals surface area (Å²) in [6.07, 6.45) is -4.21. The number of rotatable bonds is 5. The van der Waals surface area contributed by atoms with Crippen LogP contribution in [0, 0.1) is 0 Å². The Hall–Kier alpha value is -1.56. The largest absolute Gasteiger partial charge is 0.401 e. The normalized spacial score (nSPS) is 13.4. The Morgan fingerprint density at radius 1 is 1.29 bits per heavy atom. The van der Waals surface area contributed by atoms with Gasteiger partial charge < -0.3 is 5.73 Å². The van der Waals surface area contributed by atoms with Crippen molar-refractivity contribution >= 4 is 5.91 Å². The lowest BCUT2D eigenvalue weighted by Gasteiger charge is -2.16. The smallest absolute Gasteiger partial charge is 0.368 e. The minimum absolute atomic E-state index is 0.145. The van der Waals surface area contributed by atoms with Gasteiger partial charge in [-0.15, -0.1) is 0 Å². The van der Waals surface area contributed by atoms with E-state index in [9.17, 15) is 18.0 Å². The Kier molecular flexibility index (Phi) is 4.51. The number of hydrogen-bond acceptors (Lipinski definition) is 2. The fourth-order valence-corrected chi connectivity index (χ4v) is 1.36. The molecule has 1 amide bonds. The molecule has 1 aromatic rings. The molecule has 6 heteroatoms. The highest BCUT2D eigenvalue weighted by Crippen LogP contribution is 2.13. The number of hydrogen-bond donors (Lipinski definition) is 2. The zero-order valence-corrected chi connectivity index (χ0v) is 9.00. The predicted octanol–water partition coefficient (Wildman–Crippen LogP) is 1.23. The van der Waals surface area contributed by atoms with Gasteiger partial charge in [0.15, 0.2) is 0 Å². The Balaban J connectivity index is 2.59. The molecule has 0 aliphatic rings. The van der Waals surface area contributed by atoms with Crippen LogP contribution in [0.25, 0.3) is 0 Å². The van der Waals surface area contributed by atoms with E-state index < -0.39 is 24.7 Å². The Morgan fingerprint density at radius 3 is 2.35 bits per heavy atom. The maximum absolute atomic E-state index is 12.0. The molecule has 1 rings (SSSR count). The van der Waals surface area contributed by atoms with E-state index in [4.69, 9.17) is 5.73 Å². The summed E-state index contributed by atoms with van der Waals surface area (Å²) >= 11 is 0. The first-order chi connectivity index (χ1) is 7.88. The molecule has 94 valence electrons. The van der Waals surface area contributed by atoms with E-state index in [2.05, 4.69) is 5.32 Å². The highest BCUT2D eigenvalue weighted by atomic mass is 19.4. The predicted molar refractivity (Wildman–Crippen MR) is 57.2 cm³/mol. The molecule has 1 atom stereocenters.